The van der Waals surface area contributed by atoms with Gasteiger partial charge >= 0.3 is 0 Å². The van der Waals surface area contributed by atoms with E-state index in [-0.39, 0.29) is 41.6 Å². The van der Waals surface area contributed by atoms with Crippen LogP contribution < -0.4 is 16.0 Å². The van der Waals surface area contributed by atoms with E-state index in [1.165, 1.54) is 6.07 Å². The largest absolute Gasteiger partial charge is 0.361 e. The molecule has 0 fully saturated rings. The zero-order valence-corrected chi connectivity index (χ0v) is 17.7. The standard InChI is InChI=1S/C18H26FN5O.HI/c1-12(2)17(25)21-8-9-23-18(20-3)22-7-6-13-11-24-16-5-4-14(19)10-15(13)16;/h4-5,10-12,24H,6-9H2,1-3H3,(H,21,25)(H2,20,22,23);1H. The Labute approximate surface area is 170 Å². The predicted octanol–water partition coefficient (Wildman–Crippen LogP) is 2.40. The van der Waals surface area contributed by atoms with Crippen LogP contribution in [-0.4, -0.2) is 43.5 Å². The second-order valence-electron chi connectivity index (χ2n) is 6.13. The molecular weight excluding hydrogens is 448 g/mol. The minimum absolute atomic E-state index is 0. The van der Waals surface area contributed by atoms with Crippen LogP contribution in [0.5, 0.6) is 0 Å². The number of carbonyl (C=O) groups is 1. The van der Waals surface area contributed by atoms with Crippen molar-refractivity contribution in [3.8, 4) is 0 Å². The van der Waals surface area contributed by atoms with Gasteiger partial charge in [0, 0.05) is 49.7 Å². The Hall–Kier alpha value is -1.84. The number of nitrogens with zero attached hydrogens (tertiary/aromatic N) is 1. The van der Waals surface area contributed by atoms with Crippen molar-refractivity contribution in [3.05, 3.63) is 35.8 Å². The number of carbonyl (C=O) groups excluding carboxylic acids is 1. The maximum Gasteiger partial charge on any atom is 0.222 e. The summed E-state index contributed by atoms with van der Waals surface area (Å²) in [6.45, 7) is 5.52. The van der Waals surface area contributed by atoms with Crippen LogP contribution in [0.15, 0.2) is 29.4 Å². The fourth-order valence-electron chi connectivity index (χ4n) is 2.46. The summed E-state index contributed by atoms with van der Waals surface area (Å²) < 4.78 is 13.4. The Morgan fingerprint density at radius 1 is 1.19 bits per heavy atom. The first-order valence-electron chi connectivity index (χ1n) is 8.49. The second-order valence-corrected chi connectivity index (χ2v) is 6.13. The summed E-state index contributed by atoms with van der Waals surface area (Å²) in [6, 6.07) is 4.74. The summed E-state index contributed by atoms with van der Waals surface area (Å²) in [6.07, 6.45) is 2.65. The van der Waals surface area contributed by atoms with Crippen molar-refractivity contribution < 1.29 is 9.18 Å². The molecule has 0 aliphatic heterocycles. The van der Waals surface area contributed by atoms with Crippen LogP contribution in [0.1, 0.15) is 19.4 Å². The molecule has 8 heteroatoms. The van der Waals surface area contributed by atoms with Gasteiger partial charge in [0.15, 0.2) is 5.96 Å². The minimum atomic E-state index is -0.234. The van der Waals surface area contributed by atoms with Crippen molar-refractivity contribution in [3.63, 3.8) is 0 Å². The molecule has 0 atom stereocenters. The lowest BCUT2D eigenvalue weighted by molar-refractivity contribution is -0.123. The topological polar surface area (TPSA) is 81.3 Å². The predicted molar refractivity (Wildman–Crippen MR) is 115 cm³/mol. The molecule has 4 N–H and O–H groups in total. The van der Waals surface area contributed by atoms with Crippen molar-refractivity contribution in [2.24, 2.45) is 10.9 Å². The van der Waals surface area contributed by atoms with Crippen LogP contribution in [0.4, 0.5) is 4.39 Å². The second kappa shape index (κ2) is 11.0. The average molecular weight is 475 g/mol. The SMILES string of the molecule is CN=C(NCCNC(=O)C(C)C)NCCc1c[nH]c2ccc(F)cc12.I. The van der Waals surface area contributed by atoms with E-state index in [4.69, 9.17) is 0 Å². The molecule has 0 bridgehead atoms. The Bertz CT molecular complexity index is 744. The number of guanidine groups is 1. The molecule has 0 saturated heterocycles. The minimum Gasteiger partial charge on any atom is -0.361 e. The average Bonchev–Trinajstić information content (AvgIpc) is 2.98. The van der Waals surface area contributed by atoms with Gasteiger partial charge in [0.25, 0.3) is 0 Å². The number of benzene rings is 1. The fraction of sp³-hybridized carbons (Fsp3) is 0.444. The number of aromatic nitrogens is 1. The summed E-state index contributed by atoms with van der Waals surface area (Å²) in [5.74, 6) is 0.460. The lowest BCUT2D eigenvalue weighted by atomic mass is 10.1. The summed E-state index contributed by atoms with van der Waals surface area (Å²) in [5, 5.41) is 10.1. The molecule has 6 nitrogen and oxygen atoms in total. The maximum atomic E-state index is 13.4. The first-order valence-corrected chi connectivity index (χ1v) is 8.49. The molecule has 144 valence electrons. The van der Waals surface area contributed by atoms with Crippen molar-refractivity contribution in [1.82, 2.24) is 20.9 Å². The number of hydrogen-bond donors (Lipinski definition) is 4. The molecule has 2 rings (SSSR count). The highest BCUT2D eigenvalue weighted by atomic mass is 127. The smallest absolute Gasteiger partial charge is 0.222 e. The molecule has 1 heterocycles. The Kier molecular flexibility index (Phi) is 9.39. The Morgan fingerprint density at radius 3 is 2.58 bits per heavy atom. The van der Waals surface area contributed by atoms with Gasteiger partial charge in [0.05, 0.1) is 0 Å². The van der Waals surface area contributed by atoms with Crippen molar-refractivity contribution in [2.45, 2.75) is 20.3 Å². The van der Waals surface area contributed by atoms with Gasteiger partial charge in [-0.05, 0) is 30.2 Å². The van der Waals surface area contributed by atoms with E-state index in [0.29, 0.717) is 25.6 Å². The van der Waals surface area contributed by atoms with Crippen molar-refractivity contribution >= 4 is 46.7 Å². The van der Waals surface area contributed by atoms with Gasteiger partial charge in [-0.15, -0.1) is 24.0 Å². The van der Waals surface area contributed by atoms with E-state index in [0.717, 1.165) is 22.9 Å². The fourth-order valence-corrected chi connectivity index (χ4v) is 2.46. The third kappa shape index (κ3) is 6.47. The van der Waals surface area contributed by atoms with Crippen LogP contribution in [0.25, 0.3) is 10.9 Å². The van der Waals surface area contributed by atoms with E-state index in [1.54, 1.807) is 19.2 Å². The molecule has 1 aromatic carbocycles. The van der Waals surface area contributed by atoms with Gasteiger partial charge in [0.1, 0.15) is 5.82 Å². The molecule has 0 saturated carbocycles. The van der Waals surface area contributed by atoms with Gasteiger partial charge in [-0.3, -0.25) is 9.79 Å². The molecule has 26 heavy (non-hydrogen) atoms. The highest BCUT2D eigenvalue weighted by molar-refractivity contribution is 14.0. The van der Waals surface area contributed by atoms with Crippen molar-refractivity contribution in [1.29, 1.82) is 0 Å². The molecular formula is C18H27FIN5O. The van der Waals surface area contributed by atoms with Gasteiger partial charge in [-0.1, -0.05) is 13.8 Å². The van der Waals surface area contributed by atoms with E-state index in [1.807, 2.05) is 20.0 Å². The number of aliphatic imine (C=N–C) groups is 1. The van der Waals surface area contributed by atoms with Crippen LogP contribution >= 0.6 is 24.0 Å². The zero-order valence-electron chi connectivity index (χ0n) is 15.4. The van der Waals surface area contributed by atoms with Gasteiger partial charge in [0.2, 0.25) is 5.91 Å². The van der Waals surface area contributed by atoms with Crippen molar-refractivity contribution in [2.75, 3.05) is 26.7 Å². The zero-order chi connectivity index (χ0) is 18.2. The van der Waals surface area contributed by atoms with Crippen LogP contribution in [0.2, 0.25) is 0 Å². The molecule has 2 aromatic rings. The lowest BCUT2D eigenvalue weighted by Crippen LogP contribution is -2.42. The molecule has 1 amide bonds. The van der Waals surface area contributed by atoms with Crippen LogP contribution in [-0.2, 0) is 11.2 Å². The summed E-state index contributed by atoms with van der Waals surface area (Å²) in [7, 11) is 1.70. The van der Waals surface area contributed by atoms with Crippen LogP contribution in [0.3, 0.4) is 0 Å². The molecule has 0 radical (unpaired) electrons. The number of halogens is 2. The number of fused-ring (bicyclic) bond motifs is 1. The van der Waals surface area contributed by atoms with Gasteiger partial charge in [-0.25, -0.2) is 4.39 Å². The van der Waals surface area contributed by atoms with Gasteiger partial charge in [-0.2, -0.15) is 0 Å². The molecule has 0 aliphatic carbocycles. The number of aromatic amines is 1. The van der Waals surface area contributed by atoms with E-state index in [2.05, 4.69) is 25.9 Å². The molecule has 1 aromatic heterocycles. The highest BCUT2D eigenvalue weighted by Crippen LogP contribution is 2.19. The van der Waals surface area contributed by atoms with E-state index < -0.39 is 0 Å². The number of H-pyrrole nitrogens is 1. The van der Waals surface area contributed by atoms with Crippen LogP contribution in [0, 0.1) is 11.7 Å². The third-order valence-electron chi connectivity index (χ3n) is 3.88. The molecule has 0 unspecified atom stereocenters. The first kappa shape index (κ1) is 22.2. The van der Waals surface area contributed by atoms with E-state index >= 15 is 0 Å². The molecule has 0 aliphatic rings. The summed E-state index contributed by atoms with van der Waals surface area (Å²) >= 11 is 0. The van der Waals surface area contributed by atoms with Gasteiger partial charge < -0.3 is 20.9 Å². The third-order valence-corrected chi connectivity index (χ3v) is 3.88. The number of hydrogen-bond acceptors (Lipinski definition) is 2. The Balaban J connectivity index is 0.00000338. The Morgan fingerprint density at radius 2 is 1.88 bits per heavy atom. The highest BCUT2D eigenvalue weighted by Gasteiger charge is 2.06. The number of amides is 1. The first-order chi connectivity index (χ1) is 12.0. The lowest BCUT2D eigenvalue weighted by Gasteiger charge is -2.13. The monoisotopic (exact) mass is 475 g/mol. The number of rotatable bonds is 7. The number of nitrogens with one attached hydrogen (secondary N) is 4. The van der Waals surface area contributed by atoms with E-state index in [9.17, 15) is 9.18 Å². The summed E-state index contributed by atoms with van der Waals surface area (Å²) in [5.41, 5.74) is 1.99. The maximum absolute atomic E-state index is 13.4. The quantitative estimate of drug-likeness (QED) is 0.215. The normalized spacial score (nSPS) is 11.3. The summed E-state index contributed by atoms with van der Waals surface area (Å²) in [4.78, 5) is 18.8. The molecule has 0 spiro atoms.